The molecule has 0 bridgehead atoms. The lowest BCUT2D eigenvalue weighted by Gasteiger charge is -2.15. The molecule has 0 aromatic heterocycles. The van der Waals surface area contributed by atoms with E-state index in [2.05, 4.69) is 27.7 Å². The van der Waals surface area contributed by atoms with Crippen molar-refractivity contribution in [3.05, 3.63) is 6.92 Å². The molecule has 0 aliphatic rings. The Labute approximate surface area is 128 Å². The largest absolute Gasteiger partial charge is 0.376 e. The van der Waals surface area contributed by atoms with Crippen LogP contribution in [0.25, 0.3) is 0 Å². The molecule has 1 radical (unpaired) electrons. The fourth-order valence-corrected chi connectivity index (χ4v) is 2.67. The highest BCUT2D eigenvalue weighted by atomic mass is 16.5. The average Bonchev–Trinajstić information content (AvgIpc) is 2.39. The molecule has 0 aliphatic carbocycles. The SMILES string of the molecule is [CH2]C(CCCCCCCCCCCCCC)OC(C)C. The molecule has 0 fully saturated rings. The van der Waals surface area contributed by atoms with Crippen LogP contribution in [-0.4, -0.2) is 12.2 Å². The topological polar surface area (TPSA) is 9.23 Å². The van der Waals surface area contributed by atoms with E-state index in [1.165, 1.54) is 77.0 Å². The fourth-order valence-electron chi connectivity index (χ4n) is 2.67. The van der Waals surface area contributed by atoms with E-state index in [0.29, 0.717) is 6.10 Å². The Morgan fingerprint density at radius 2 is 1.10 bits per heavy atom. The van der Waals surface area contributed by atoms with Gasteiger partial charge in [0.2, 0.25) is 0 Å². The third kappa shape index (κ3) is 16.0. The summed E-state index contributed by atoms with van der Waals surface area (Å²) in [6.45, 7) is 10.5. The zero-order valence-corrected chi connectivity index (χ0v) is 14.5. The number of ether oxygens (including phenoxy) is 1. The highest BCUT2D eigenvalue weighted by molar-refractivity contribution is 4.61. The molecule has 0 aromatic carbocycles. The van der Waals surface area contributed by atoms with E-state index in [1.54, 1.807) is 0 Å². The summed E-state index contributed by atoms with van der Waals surface area (Å²) in [4.78, 5) is 0. The summed E-state index contributed by atoms with van der Waals surface area (Å²) < 4.78 is 5.64. The van der Waals surface area contributed by atoms with Crippen LogP contribution in [0.5, 0.6) is 0 Å². The molecule has 0 aromatic rings. The van der Waals surface area contributed by atoms with Crippen LogP contribution in [0.2, 0.25) is 0 Å². The van der Waals surface area contributed by atoms with Crippen molar-refractivity contribution in [1.82, 2.24) is 0 Å². The van der Waals surface area contributed by atoms with Gasteiger partial charge in [-0.1, -0.05) is 84.0 Å². The average molecular weight is 284 g/mol. The van der Waals surface area contributed by atoms with E-state index < -0.39 is 0 Å². The Morgan fingerprint density at radius 3 is 1.50 bits per heavy atom. The van der Waals surface area contributed by atoms with Crippen LogP contribution in [0.15, 0.2) is 0 Å². The monoisotopic (exact) mass is 283 g/mol. The fraction of sp³-hybridized carbons (Fsp3) is 0.947. The summed E-state index contributed by atoms with van der Waals surface area (Å²) in [5, 5.41) is 0. The molecular weight excluding hydrogens is 244 g/mol. The second kappa shape index (κ2) is 15.4. The minimum absolute atomic E-state index is 0.193. The van der Waals surface area contributed by atoms with Gasteiger partial charge in [-0.3, -0.25) is 0 Å². The van der Waals surface area contributed by atoms with Gasteiger partial charge in [0.15, 0.2) is 0 Å². The molecule has 1 nitrogen and oxygen atoms in total. The Kier molecular flexibility index (Phi) is 15.3. The first-order valence-corrected chi connectivity index (χ1v) is 9.15. The van der Waals surface area contributed by atoms with Gasteiger partial charge in [0, 0.05) is 0 Å². The zero-order chi connectivity index (χ0) is 15.1. The molecule has 1 heteroatoms. The molecule has 0 heterocycles. The molecule has 1 atom stereocenters. The molecule has 0 spiro atoms. The maximum Gasteiger partial charge on any atom is 0.0579 e. The van der Waals surface area contributed by atoms with Crippen molar-refractivity contribution in [3.8, 4) is 0 Å². The summed E-state index contributed by atoms with van der Waals surface area (Å²) in [5.41, 5.74) is 0. The van der Waals surface area contributed by atoms with E-state index in [4.69, 9.17) is 4.74 Å². The van der Waals surface area contributed by atoms with Gasteiger partial charge in [0.25, 0.3) is 0 Å². The Hall–Kier alpha value is -0.0400. The van der Waals surface area contributed by atoms with Crippen molar-refractivity contribution in [2.45, 2.75) is 116 Å². The van der Waals surface area contributed by atoms with Crippen molar-refractivity contribution in [2.24, 2.45) is 0 Å². The van der Waals surface area contributed by atoms with E-state index in [0.717, 1.165) is 6.42 Å². The van der Waals surface area contributed by atoms with E-state index >= 15 is 0 Å². The minimum Gasteiger partial charge on any atom is -0.376 e. The van der Waals surface area contributed by atoms with Crippen LogP contribution in [0.4, 0.5) is 0 Å². The van der Waals surface area contributed by atoms with Crippen molar-refractivity contribution >= 4 is 0 Å². The number of rotatable bonds is 15. The molecule has 0 N–H and O–H groups in total. The Balaban J connectivity index is 3.06. The summed E-state index contributed by atoms with van der Waals surface area (Å²) >= 11 is 0. The summed E-state index contributed by atoms with van der Waals surface area (Å²) in [6, 6.07) is 0. The second-order valence-electron chi connectivity index (χ2n) is 6.48. The molecule has 121 valence electrons. The van der Waals surface area contributed by atoms with Gasteiger partial charge in [-0.05, 0) is 27.2 Å². The van der Waals surface area contributed by atoms with Crippen molar-refractivity contribution < 1.29 is 4.74 Å². The van der Waals surface area contributed by atoms with Crippen LogP contribution >= 0.6 is 0 Å². The van der Waals surface area contributed by atoms with Crippen LogP contribution in [0.3, 0.4) is 0 Å². The van der Waals surface area contributed by atoms with Crippen LogP contribution in [0.1, 0.15) is 104 Å². The molecule has 0 aliphatic heterocycles. The predicted molar refractivity (Wildman–Crippen MR) is 91.1 cm³/mol. The van der Waals surface area contributed by atoms with Crippen LogP contribution < -0.4 is 0 Å². The first-order valence-electron chi connectivity index (χ1n) is 9.15. The lowest BCUT2D eigenvalue weighted by molar-refractivity contribution is 0.0281. The van der Waals surface area contributed by atoms with Gasteiger partial charge in [0.1, 0.15) is 0 Å². The maximum absolute atomic E-state index is 5.64. The highest BCUT2D eigenvalue weighted by Gasteiger charge is 2.04. The van der Waals surface area contributed by atoms with Crippen molar-refractivity contribution in [3.63, 3.8) is 0 Å². The summed E-state index contributed by atoms with van der Waals surface area (Å²) in [5.74, 6) is 0. The van der Waals surface area contributed by atoms with Crippen LogP contribution in [-0.2, 0) is 4.74 Å². The van der Waals surface area contributed by atoms with Gasteiger partial charge in [-0.2, -0.15) is 0 Å². The molecule has 0 saturated heterocycles. The van der Waals surface area contributed by atoms with E-state index in [-0.39, 0.29) is 6.10 Å². The lowest BCUT2D eigenvalue weighted by atomic mass is 10.0. The zero-order valence-electron chi connectivity index (χ0n) is 14.5. The number of hydrogen-bond donors (Lipinski definition) is 0. The van der Waals surface area contributed by atoms with Gasteiger partial charge < -0.3 is 4.74 Å². The van der Waals surface area contributed by atoms with Gasteiger partial charge in [-0.25, -0.2) is 0 Å². The molecular formula is C19H39O. The minimum atomic E-state index is 0.193. The first-order chi connectivity index (χ1) is 9.66. The second-order valence-corrected chi connectivity index (χ2v) is 6.48. The number of unbranched alkanes of at least 4 members (excludes halogenated alkanes) is 11. The normalized spacial score (nSPS) is 13.1. The lowest BCUT2D eigenvalue weighted by Crippen LogP contribution is -2.14. The van der Waals surface area contributed by atoms with Gasteiger partial charge in [0.05, 0.1) is 12.2 Å². The quantitative estimate of drug-likeness (QED) is 0.304. The van der Waals surface area contributed by atoms with E-state index in [1.807, 2.05) is 0 Å². The Bertz CT molecular complexity index is 177. The summed E-state index contributed by atoms with van der Waals surface area (Å²) in [7, 11) is 0. The van der Waals surface area contributed by atoms with Gasteiger partial charge in [-0.15, -0.1) is 0 Å². The predicted octanol–water partition coefficient (Wildman–Crippen LogP) is 6.71. The standard InChI is InChI=1S/C19H39O/c1-5-6-7-8-9-10-11-12-13-14-15-16-17-19(4)20-18(2)3/h18-19H,4-17H2,1-3H3. The molecule has 0 saturated carbocycles. The molecule has 0 rings (SSSR count). The first kappa shape index (κ1) is 20.0. The smallest absolute Gasteiger partial charge is 0.0579 e. The third-order valence-electron chi connectivity index (χ3n) is 3.84. The van der Waals surface area contributed by atoms with Crippen LogP contribution in [0, 0.1) is 6.92 Å². The molecule has 1 unspecified atom stereocenters. The highest BCUT2D eigenvalue weighted by Crippen LogP contribution is 2.13. The maximum atomic E-state index is 5.64. The van der Waals surface area contributed by atoms with Crippen molar-refractivity contribution in [1.29, 1.82) is 0 Å². The van der Waals surface area contributed by atoms with Crippen molar-refractivity contribution in [2.75, 3.05) is 0 Å². The summed E-state index contributed by atoms with van der Waals surface area (Å²) in [6.07, 6.45) is 18.5. The Morgan fingerprint density at radius 1 is 0.700 bits per heavy atom. The van der Waals surface area contributed by atoms with Gasteiger partial charge >= 0.3 is 0 Å². The number of hydrogen-bond acceptors (Lipinski definition) is 1. The molecule has 20 heavy (non-hydrogen) atoms. The van der Waals surface area contributed by atoms with E-state index in [9.17, 15) is 0 Å². The molecule has 0 amide bonds. The third-order valence-corrected chi connectivity index (χ3v) is 3.84.